The Bertz CT molecular complexity index is 668. The number of amides is 1. The molecule has 0 unspecified atom stereocenters. The van der Waals surface area contributed by atoms with Gasteiger partial charge in [-0.05, 0) is 32.0 Å². The normalized spacial score (nSPS) is 10.6. The fourth-order valence-electron chi connectivity index (χ4n) is 1.82. The Hall–Kier alpha value is -1.72. The number of phenols is 1. The van der Waals surface area contributed by atoms with Crippen LogP contribution in [-0.2, 0) is 11.3 Å². The van der Waals surface area contributed by atoms with Crippen LogP contribution >= 0.6 is 23.2 Å². The second-order valence-electron chi connectivity index (χ2n) is 4.42. The van der Waals surface area contributed by atoms with Gasteiger partial charge in [0.2, 0.25) is 5.91 Å². The summed E-state index contributed by atoms with van der Waals surface area (Å²) in [5.74, 6) is -0.539. The summed E-state index contributed by atoms with van der Waals surface area (Å²) < 4.78 is 1.58. The van der Waals surface area contributed by atoms with Gasteiger partial charge in [-0.3, -0.25) is 9.48 Å². The first-order valence-corrected chi connectivity index (χ1v) is 6.61. The third-order valence-corrected chi connectivity index (χ3v) is 3.21. The van der Waals surface area contributed by atoms with Crippen LogP contribution in [0.25, 0.3) is 0 Å². The van der Waals surface area contributed by atoms with Crippen molar-refractivity contribution in [2.24, 2.45) is 0 Å². The van der Waals surface area contributed by atoms with Crippen LogP contribution in [0.15, 0.2) is 18.2 Å². The molecule has 1 amide bonds. The van der Waals surface area contributed by atoms with Gasteiger partial charge >= 0.3 is 0 Å². The van der Waals surface area contributed by atoms with Crippen LogP contribution in [0.4, 0.5) is 5.69 Å². The number of nitrogens with one attached hydrogen (secondary N) is 1. The SMILES string of the molecule is Cc1cc(C)n(CC(=O)Nc2cc(Cl)cc(Cl)c2O)n1. The lowest BCUT2D eigenvalue weighted by Gasteiger charge is -2.10. The van der Waals surface area contributed by atoms with Crippen molar-refractivity contribution in [1.29, 1.82) is 0 Å². The molecule has 2 N–H and O–H groups in total. The summed E-state index contributed by atoms with van der Waals surface area (Å²) in [6.07, 6.45) is 0. The Morgan fingerprint density at radius 2 is 2.05 bits per heavy atom. The molecule has 0 spiro atoms. The molecule has 1 aromatic carbocycles. The van der Waals surface area contributed by atoms with Crippen molar-refractivity contribution in [3.8, 4) is 5.75 Å². The zero-order valence-corrected chi connectivity index (χ0v) is 12.5. The van der Waals surface area contributed by atoms with E-state index in [0.29, 0.717) is 5.02 Å². The van der Waals surface area contributed by atoms with Gasteiger partial charge in [0, 0.05) is 10.7 Å². The second kappa shape index (κ2) is 5.73. The van der Waals surface area contributed by atoms with E-state index in [9.17, 15) is 9.90 Å². The number of rotatable bonds is 3. The standard InChI is InChI=1S/C13H13Cl2N3O2/c1-7-3-8(2)18(17-7)6-12(19)16-11-5-9(14)4-10(15)13(11)20/h3-5,20H,6H2,1-2H3,(H,16,19). The van der Waals surface area contributed by atoms with Crippen LogP contribution in [0, 0.1) is 13.8 Å². The number of halogens is 2. The van der Waals surface area contributed by atoms with Gasteiger partial charge in [-0.25, -0.2) is 0 Å². The summed E-state index contributed by atoms with van der Waals surface area (Å²) in [7, 11) is 0. The average Bonchev–Trinajstić information content (AvgIpc) is 2.64. The summed E-state index contributed by atoms with van der Waals surface area (Å²) >= 11 is 11.6. The molecule has 2 rings (SSSR count). The number of carbonyl (C=O) groups excluding carboxylic acids is 1. The number of aryl methyl sites for hydroxylation is 2. The molecule has 1 aromatic heterocycles. The van der Waals surface area contributed by atoms with Crippen molar-refractivity contribution >= 4 is 34.8 Å². The zero-order chi connectivity index (χ0) is 14.9. The summed E-state index contributed by atoms with van der Waals surface area (Å²) in [5, 5.41) is 16.9. The lowest BCUT2D eigenvalue weighted by molar-refractivity contribution is -0.117. The Balaban J connectivity index is 2.14. The van der Waals surface area contributed by atoms with Crippen LogP contribution in [-0.4, -0.2) is 20.8 Å². The summed E-state index contributed by atoms with van der Waals surface area (Å²) in [4.78, 5) is 11.9. The monoisotopic (exact) mass is 313 g/mol. The van der Waals surface area contributed by atoms with E-state index in [1.165, 1.54) is 12.1 Å². The molecule has 0 saturated heterocycles. The van der Waals surface area contributed by atoms with E-state index >= 15 is 0 Å². The van der Waals surface area contributed by atoms with Crippen LogP contribution in [0.2, 0.25) is 10.0 Å². The van der Waals surface area contributed by atoms with Crippen LogP contribution in [0.3, 0.4) is 0 Å². The maximum absolute atomic E-state index is 11.9. The van der Waals surface area contributed by atoms with E-state index in [1.807, 2.05) is 19.9 Å². The number of phenolic OH excluding ortho intramolecular Hbond substituents is 1. The van der Waals surface area contributed by atoms with Crippen molar-refractivity contribution in [1.82, 2.24) is 9.78 Å². The van der Waals surface area contributed by atoms with Crippen molar-refractivity contribution in [3.05, 3.63) is 39.6 Å². The second-order valence-corrected chi connectivity index (χ2v) is 5.26. The van der Waals surface area contributed by atoms with E-state index in [2.05, 4.69) is 10.4 Å². The van der Waals surface area contributed by atoms with Crippen LogP contribution in [0.5, 0.6) is 5.75 Å². The molecule has 106 valence electrons. The smallest absolute Gasteiger partial charge is 0.246 e. The minimum absolute atomic E-state index is 0.0449. The van der Waals surface area contributed by atoms with Gasteiger partial charge in [-0.1, -0.05) is 23.2 Å². The molecule has 0 saturated carbocycles. The molecule has 0 aliphatic carbocycles. The van der Waals surface area contributed by atoms with Crippen LogP contribution < -0.4 is 5.32 Å². The summed E-state index contributed by atoms with van der Waals surface area (Å²) in [6.45, 7) is 3.76. The molecular weight excluding hydrogens is 301 g/mol. The number of benzene rings is 1. The molecule has 0 radical (unpaired) electrons. The highest BCUT2D eigenvalue weighted by Gasteiger charge is 2.12. The van der Waals surface area contributed by atoms with Crippen molar-refractivity contribution in [3.63, 3.8) is 0 Å². The Kier molecular flexibility index (Phi) is 4.20. The Labute approximate surface area is 126 Å². The number of carbonyl (C=O) groups is 1. The molecule has 0 aliphatic rings. The largest absolute Gasteiger partial charge is 0.504 e. The van der Waals surface area contributed by atoms with Gasteiger partial charge < -0.3 is 10.4 Å². The third-order valence-electron chi connectivity index (χ3n) is 2.70. The van der Waals surface area contributed by atoms with E-state index in [1.54, 1.807) is 4.68 Å². The van der Waals surface area contributed by atoms with Gasteiger partial charge in [0.25, 0.3) is 0 Å². The first-order chi connectivity index (χ1) is 9.36. The minimum atomic E-state index is -0.329. The Morgan fingerprint density at radius 1 is 1.35 bits per heavy atom. The maximum atomic E-state index is 11.9. The minimum Gasteiger partial charge on any atom is -0.504 e. The number of anilines is 1. The number of nitrogens with zero attached hydrogens (tertiary/aromatic N) is 2. The van der Waals surface area contributed by atoms with E-state index in [0.717, 1.165) is 11.4 Å². The van der Waals surface area contributed by atoms with E-state index in [-0.39, 0.29) is 28.9 Å². The summed E-state index contributed by atoms with van der Waals surface area (Å²) in [6, 6.07) is 4.71. The third kappa shape index (κ3) is 3.23. The highest BCUT2D eigenvalue weighted by atomic mass is 35.5. The van der Waals surface area contributed by atoms with Gasteiger partial charge in [0.1, 0.15) is 6.54 Å². The van der Waals surface area contributed by atoms with Gasteiger partial charge in [-0.2, -0.15) is 5.10 Å². The fraction of sp³-hybridized carbons (Fsp3) is 0.231. The van der Waals surface area contributed by atoms with Gasteiger partial charge in [0.15, 0.2) is 5.75 Å². The molecule has 7 heteroatoms. The predicted molar refractivity (Wildman–Crippen MR) is 78.5 cm³/mol. The molecule has 0 aliphatic heterocycles. The summed E-state index contributed by atoms with van der Waals surface area (Å²) in [5.41, 5.74) is 1.89. The van der Waals surface area contributed by atoms with E-state index < -0.39 is 0 Å². The zero-order valence-electron chi connectivity index (χ0n) is 10.9. The Morgan fingerprint density at radius 3 is 2.65 bits per heavy atom. The molecule has 20 heavy (non-hydrogen) atoms. The van der Waals surface area contributed by atoms with Crippen molar-refractivity contribution in [2.75, 3.05) is 5.32 Å². The topological polar surface area (TPSA) is 67.2 Å². The number of hydrogen-bond donors (Lipinski definition) is 2. The molecule has 0 atom stereocenters. The quantitative estimate of drug-likeness (QED) is 0.855. The number of hydrogen-bond acceptors (Lipinski definition) is 3. The highest BCUT2D eigenvalue weighted by Crippen LogP contribution is 2.34. The van der Waals surface area contributed by atoms with Gasteiger partial charge in [-0.15, -0.1) is 0 Å². The molecule has 2 aromatic rings. The highest BCUT2D eigenvalue weighted by molar-refractivity contribution is 6.36. The molecule has 0 fully saturated rings. The lowest BCUT2D eigenvalue weighted by Crippen LogP contribution is -2.20. The predicted octanol–water partition coefficient (Wildman–Crippen LogP) is 3.15. The molecular formula is C13H13Cl2N3O2. The van der Waals surface area contributed by atoms with Crippen molar-refractivity contribution < 1.29 is 9.90 Å². The van der Waals surface area contributed by atoms with Crippen LogP contribution in [0.1, 0.15) is 11.4 Å². The lowest BCUT2D eigenvalue weighted by atomic mass is 10.3. The molecule has 5 nitrogen and oxygen atoms in total. The number of aromatic hydroxyl groups is 1. The van der Waals surface area contributed by atoms with Gasteiger partial charge in [0.05, 0.1) is 16.4 Å². The molecule has 1 heterocycles. The van der Waals surface area contributed by atoms with E-state index in [4.69, 9.17) is 23.2 Å². The first kappa shape index (κ1) is 14.7. The fourth-order valence-corrected chi connectivity index (χ4v) is 2.32. The molecule has 0 bridgehead atoms. The average molecular weight is 314 g/mol. The number of aromatic nitrogens is 2. The maximum Gasteiger partial charge on any atom is 0.246 e. The first-order valence-electron chi connectivity index (χ1n) is 5.85. The van der Waals surface area contributed by atoms with Crippen molar-refractivity contribution in [2.45, 2.75) is 20.4 Å².